The fraction of sp³-hybridized carbons (Fsp3) is 1.00. The lowest BCUT2D eigenvalue weighted by atomic mass is 10.1. The van der Waals surface area contributed by atoms with E-state index in [0.717, 1.165) is 0 Å². The van der Waals surface area contributed by atoms with Gasteiger partial charge in [-0.25, -0.2) is 0 Å². The Kier molecular flexibility index (Phi) is 3.18. The molecule has 0 amide bonds. The smallest absolute Gasteiger partial charge is 0.189 e. The van der Waals surface area contributed by atoms with E-state index in [1.54, 1.807) is 0 Å². The molecule has 1 aliphatic heterocycles. The summed E-state index contributed by atoms with van der Waals surface area (Å²) in [4.78, 5) is 0. The van der Waals surface area contributed by atoms with E-state index >= 15 is 0 Å². The van der Waals surface area contributed by atoms with Gasteiger partial charge in [0.15, 0.2) is 6.29 Å². The Labute approximate surface area is 66.2 Å². The number of hydrogen-bond acceptors (Lipinski definition) is 5. The van der Waals surface area contributed by atoms with Crippen molar-refractivity contribution < 1.29 is 24.6 Å². The van der Waals surface area contributed by atoms with Gasteiger partial charge in [-0.1, -0.05) is 0 Å². The minimum absolute atomic E-state index is 0.0305. The first-order chi connectivity index (χ1) is 5.16. The molecule has 2 unspecified atom stereocenters. The van der Waals surface area contributed by atoms with Crippen LogP contribution in [0.1, 0.15) is 0 Å². The number of rotatable bonds is 1. The predicted octanol–water partition coefficient (Wildman–Crippen LogP) is -1.77. The Balaban J connectivity index is 2.52. The Hall–Kier alpha value is 0.230. The van der Waals surface area contributed by atoms with Crippen molar-refractivity contribution in [3.8, 4) is 0 Å². The molecule has 0 aromatic carbocycles. The van der Waals surface area contributed by atoms with Crippen LogP contribution in [0.15, 0.2) is 0 Å². The van der Waals surface area contributed by atoms with Crippen LogP contribution < -0.4 is 0 Å². The standard InChI is InChI=1S/C5H11O5P/c6-2-1-9-5(10-11)4(8)3(2)7/h2-8H,1,11H2/t2-,3-,4+,5?/m1/s1. The van der Waals surface area contributed by atoms with Crippen LogP contribution in [0.4, 0.5) is 0 Å². The van der Waals surface area contributed by atoms with Gasteiger partial charge in [0.25, 0.3) is 0 Å². The highest BCUT2D eigenvalue weighted by molar-refractivity contribution is 7.09. The first kappa shape index (κ1) is 9.32. The van der Waals surface area contributed by atoms with Crippen LogP contribution in [-0.4, -0.2) is 46.5 Å². The van der Waals surface area contributed by atoms with Gasteiger partial charge in [0.05, 0.1) is 6.61 Å². The number of aliphatic hydroxyl groups excluding tert-OH is 3. The van der Waals surface area contributed by atoms with Crippen molar-refractivity contribution in [1.29, 1.82) is 0 Å². The predicted molar refractivity (Wildman–Crippen MR) is 38.6 cm³/mol. The van der Waals surface area contributed by atoms with Gasteiger partial charge in [0.2, 0.25) is 0 Å². The van der Waals surface area contributed by atoms with Gasteiger partial charge < -0.3 is 24.6 Å². The monoisotopic (exact) mass is 182 g/mol. The Morgan fingerprint density at radius 1 is 1.27 bits per heavy atom. The summed E-state index contributed by atoms with van der Waals surface area (Å²) in [6.07, 6.45) is -4.31. The average molecular weight is 182 g/mol. The third-order valence-electron chi connectivity index (χ3n) is 1.59. The SMILES string of the molecule is O[C@@H]1[C@H](O)COC(OP)[C@H]1O. The lowest BCUT2D eigenvalue weighted by Crippen LogP contribution is -2.52. The lowest BCUT2D eigenvalue weighted by molar-refractivity contribution is -0.238. The Bertz CT molecular complexity index is 130. The Morgan fingerprint density at radius 2 is 1.91 bits per heavy atom. The average Bonchev–Trinajstić information content (AvgIpc) is 2.01. The molecular weight excluding hydrogens is 171 g/mol. The third kappa shape index (κ3) is 1.87. The maximum atomic E-state index is 9.13. The molecule has 1 rings (SSSR count). The number of hydrogen-bond donors (Lipinski definition) is 3. The Morgan fingerprint density at radius 3 is 2.45 bits per heavy atom. The van der Waals surface area contributed by atoms with Crippen molar-refractivity contribution in [2.45, 2.75) is 24.6 Å². The van der Waals surface area contributed by atoms with E-state index in [1.165, 1.54) is 0 Å². The third-order valence-corrected chi connectivity index (χ3v) is 1.86. The molecule has 0 aromatic heterocycles. The van der Waals surface area contributed by atoms with Crippen molar-refractivity contribution in [2.75, 3.05) is 6.61 Å². The summed E-state index contributed by atoms with van der Waals surface area (Å²) in [7, 11) is 1.92. The molecule has 0 aromatic rings. The zero-order valence-corrected chi connectivity index (χ0v) is 6.91. The van der Waals surface area contributed by atoms with Crippen LogP contribution in [0.25, 0.3) is 0 Å². The molecule has 1 heterocycles. The highest BCUT2D eigenvalue weighted by Crippen LogP contribution is 2.17. The largest absolute Gasteiger partial charge is 0.388 e. The summed E-state index contributed by atoms with van der Waals surface area (Å²) in [5.41, 5.74) is 0. The first-order valence-electron chi connectivity index (χ1n) is 3.18. The first-order valence-corrected chi connectivity index (χ1v) is 3.65. The van der Waals surface area contributed by atoms with Crippen LogP contribution in [0.2, 0.25) is 0 Å². The number of ether oxygens (including phenoxy) is 1. The van der Waals surface area contributed by atoms with E-state index in [9.17, 15) is 0 Å². The van der Waals surface area contributed by atoms with E-state index in [4.69, 9.17) is 20.1 Å². The topological polar surface area (TPSA) is 79.2 Å². The molecular formula is C5H11O5P. The molecule has 5 nitrogen and oxygen atoms in total. The number of aliphatic hydroxyl groups is 3. The quantitative estimate of drug-likeness (QED) is 0.418. The van der Waals surface area contributed by atoms with Gasteiger partial charge >= 0.3 is 0 Å². The zero-order chi connectivity index (χ0) is 8.43. The molecule has 11 heavy (non-hydrogen) atoms. The molecule has 3 N–H and O–H groups in total. The van der Waals surface area contributed by atoms with Gasteiger partial charge in [-0.3, -0.25) is 0 Å². The maximum Gasteiger partial charge on any atom is 0.189 e. The van der Waals surface area contributed by atoms with E-state index in [0.29, 0.717) is 0 Å². The fourth-order valence-electron chi connectivity index (χ4n) is 0.899. The molecule has 1 fully saturated rings. The second kappa shape index (κ2) is 3.76. The molecule has 0 saturated carbocycles. The minimum atomic E-state index is -1.20. The molecule has 0 radical (unpaired) electrons. The maximum absolute atomic E-state index is 9.13. The van der Waals surface area contributed by atoms with Gasteiger partial charge in [-0.2, -0.15) is 0 Å². The molecule has 6 heteroatoms. The summed E-state index contributed by atoms with van der Waals surface area (Å²) in [6.45, 7) is -0.0305. The van der Waals surface area contributed by atoms with Crippen molar-refractivity contribution in [3.63, 3.8) is 0 Å². The highest BCUT2D eigenvalue weighted by atomic mass is 31.0. The summed E-state index contributed by atoms with van der Waals surface area (Å²) < 4.78 is 9.41. The molecule has 0 aliphatic carbocycles. The summed E-state index contributed by atoms with van der Waals surface area (Å²) in [5.74, 6) is 0. The fourth-order valence-corrected chi connectivity index (χ4v) is 1.14. The van der Waals surface area contributed by atoms with E-state index in [2.05, 4.69) is 4.52 Å². The zero-order valence-electron chi connectivity index (χ0n) is 5.75. The van der Waals surface area contributed by atoms with Gasteiger partial charge in [0.1, 0.15) is 18.3 Å². The van der Waals surface area contributed by atoms with Gasteiger partial charge in [-0.05, 0) is 0 Å². The van der Waals surface area contributed by atoms with E-state index in [1.807, 2.05) is 9.47 Å². The second-order valence-electron chi connectivity index (χ2n) is 2.39. The summed E-state index contributed by atoms with van der Waals surface area (Å²) in [5, 5.41) is 27.2. The highest BCUT2D eigenvalue weighted by Gasteiger charge is 2.37. The summed E-state index contributed by atoms with van der Waals surface area (Å²) in [6, 6.07) is 0. The minimum Gasteiger partial charge on any atom is -0.388 e. The van der Waals surface area contributed by atoms with Crippen LogP contribution in [0.5, 0.6) is 0 Å². The van der Waals surface area contributed by atoms with Crippen LogP contribution in [-0.2, 0) is 9.26 Å². The normalized spacial score (nSPS) is 45.8. The molecule has 0 bridgehead atoms. The molecule has 5 atom stereocenters. The molecule has 1 saturated heterocycles. The van der Waals surface area contributed by atoms with Gasteiger partial charge in [0, 0.05) is 9.47 Å². The van der Waals surface area contributed by atoms with Crippen molar-refractivity contribution in [1.82, 2.24) is 0 Å². The van der Waals surface area contributed by atoms with Crippen LogP contribution >= 0.6 is 9.47 Å². The van der Waals surface area contributed by atoms with Crippen molar-refractivity contribution in [3.05, 3.63) is 0 Å². The van der Waals surface area contributed by atoms with Crippen molar-refractivity contribution >= 4 is 9.47 Å². The van der Waals surface area contributed by atoms with E-state index < -0.39 is 24.6 Å². The van der Waals surface area contributed by atoms with Gasteiger partial charge in [-0.15, -0.1) is 0 Å². The molecule has 1 aliphatic rings. The summed E-state index contributed by atoms with van der Waals surface area (Å²) >= 11 is 0. The van der Waals surface area contributed by atoms with Crippen LogP contribution in [0.3, 0.4) is 0 Å². The van der Waals surface area contributed by atoms with Crippen molar-refractivity contribution in [2.24, 2.45) is 0 Å². The second-order valence-corrected chi connectivity index (χ2v) is 2.66. The van der Waals surface area contributed by atoms with Crippen LogP contribution in [0, 0.1) is 0 Å². The molecule has 0 spiro atoms. The van der Waals surface area contributed by atoms with E-state index in [-0.39, 0.29) is 6.61 Å². The molecule has 66 valence electrons. The lowest BCUT2D eigenvalue weighted by Gasteiger charge is -2.33.